The van der Waals surface area contributed by atoms with Crippen LogP contribution >= 0.6 is 7.82 Å². The summed E-state index contributed by atoms with van der Waals surface area (Å²) >= 11 is 0. The van der Waals surface area contributed by atoms with Crippen molar-refractivity contribution < 1.29 is 32.9 Å². The lowest BCUT2D eigenvalue weighted by Gasteiger charge is -2.29. The predicted molar refractivity (Wildman–Crippen MR) is 279 cm³/mol. The molecular formula is C56H107N2O6P. The SMILES string of the molecule is CCC/C=C\C/C=C\CCCCCCCC(=O)NC(COP(=O)([O-])OCC[N+](C)(C)C)C(O)/C=C/CC/C=C/CCCCCCCCCCCCCCCCCCCCCCCCCC. The normalized spacial score (nSPS) is 14.4. The molecule has 382 valence electrons. The second-order valence-electron chi connectivity index (χ2n) is 19.9. The van der Waals surface area contributed by atoms with Gasteiger partial charge in [0.1, 0.15) is 13.2 Å². The fraction of sp³-hybridized carbons (Fsp3) is 0.839. The number of allylic oxidation sites excluding steroid dienone is 7. The Hall–Kier alpha value is -1.54. The summed E-state index contributed by atoms with van der Waals surface area (Å²) < 4.78 is 23.2. The Bertz CT molecular complexity index is 1200. The van der Waals surface area contributed by atoms with Crippen molar-refractivity contribution in [3.63, 3.8) is 0 Å². The molecule has 3 atom stereocenters. The molecular weight excluding hydrogens is 828 g/mol. The maximum Gasteiger partial charge on any atom is 0.268 e. The van der Waals surface area contributed by atoms with E-state index in [9.17, 15) is 19.4 Å². The van der Waals surface area contributed by atoms with Crippen LogP contribution in [0.5, 0.6) is 0 Å². The molecule has 0 aromatic carbocycles. The molecule has 65 heavy (non-hydrogen) atoms. The van der Waals surface area contributed by atoms with Crippen molar-refractivity contribution >= 4 is 13.7 Å². The Labute approximate surface area is 403 Å². The molecule has 8 nitrogen and oxygen atoms in total. The van der Waals surface area contributed by atoms with Crippen molar-refractivity contribution in [2.75, 3.05) is 40.9 Å². The van der Waals surface area contributed by atoms with E-state index in [1.54, 1.807) is 6.08 Å². The average Bonchev–Trinajstić information content (AvgIpc) is 3.26. The van der Waals surface area contributed by atoms with Gasteiger partial charge in [-0.3, -0.25) is 9.36 Å². The summed E-state index contributed by atoms with van der Waals surface area (Å²) in [6.45, 7) is 4.56. The van der Waals surface area contributed by atoms with Crippen LogP contribution in [0, 0.1) is 0 Å². The minimum Gasteiger partial charge on any atom is -0.756 e. The minimum atomic E-state index is -4.60. The number of quaternary nitrogens is 1. The fourth-order valence-corrected chi connectivity index (χ4v) is 8.64. The van der Waals surface area contributed by atoms with Crippen molar-refractivity contribution in [2.45, 2.75) is 264 Å². The highest BCUT2D eigenvalue weighted by molar-refractivity contribution is 7.45. The van der Waals surface area contributed by atoms with E-state index in [-0.39, 0.29) is 12.5 Å². The summed E-state index contributed by atoms with van der Waals surface area (Å²) in [5.74, 6) is -0.222. The molecule has 0 aliphatic heterocycles. The first-order valence-electron chi connectivity index (χ1n) is 27.5. The first-order chi connectivity index (χ1) is 31.5. The summed E-state index contributed by atoms with van der Waals surface area (Å²) in [6, 6.07) is -0.911. The van der Waals surface area contributed by atoms with Crippen LogP contribution in [0.15, 0.2) is 48.6 Å². The third-order valence-corrected chi connectivity index (χ3v) is 13.2. The summed E-state index contributed by atoms with van der Waals surface area (Å²) in [5.41, 5.74) is 0. The number of aliphatic hydroxyl groups is 1. The smallest absolute Gasteiger partial charge is 0.268 e. The molecule has 0 aliphatic carbocycles. The number of likely N-dealkylation sites (N-methyl/N-ethyl adjacent to an activating group) is 1. The molecule has 0 aromatic rings. The summed E-state index contributed by atoms with van der Waals surface area (Å²) in [5, 5.41) is 13.8. The van der Waals surface area contributed by atoms with Gasteiger partial charge in [0.05, 0.1) is 39.9 Å². The molecule has 0 spiro atoms. The lowest BCUT2D eigenvalue weighted by molar-refractivity contribution is -0.870. The summed E-state index contributed by atoms with van der Waals surface area (Å²) in [6.07, 6.45) is 62.1. The van der Waals surface area contributed by atoms with Crippen LogP contribution in [0.3, 0.4) is 0 Å². The van der Waals surface area contributed by atoms with Gasteiger partial charge in [0.15, 0.2) is 0 Å². The maximum atomic E-state index is 12.9. The topological polar surface area (TPSA) is 108 Å². The zero-order chi connectivity index (χ0) is 47.8. The Kier molecular flexibility index (Phi) is 46.4. The number of phosphoric ester groups is 1. The van der Waals surface area contributed by atoms with Crippen molar-refractivity contribution in [2.24, 2.45) is 0 Å². The summed E-state index contributed by atoms with van der Waals surface area (Å²) in [7, 11) is 1.23. The zero-order valence-corrected chi connectivity index (χ0v) is 44.3. The van der Waals surface area contributed by atoms with Gasteiger partial charge in [0.25, 0.3) is 7.82 Å². The Morgan fingerprint density at radius 3 is 1.40 bits per heavy atom. The van der Waals surface area contributed by atoms with Gasteiger partial charge >= 0.3 is 0 Å². The largest absolute Gasteiger partial charge is 0.756 e. The molecule has 0 saturated heterocycles. The van der Waals surface area contributed by atoms with E-state index >= 15 is 0 Å². The van der Waals surface area contributed by atoms with Crippen LogP contribution < -0.4 is 10.2 Å². The lowest BCUT2D eigenvalue weighted by Crippen LogP contribution is -2.45. The van der Waals surface area contributed by atoms with Crippen molar-refractivity contribution in [3.8, 4) is 0 Å². The number of unbranched alkanes of at least 4 members (excludes halogenated alkanes) is 31. The molecule has 0 aromatic heterocycles. The van der Waals surface area contributed by atoms with Crippen LogP contribution in [0.1, 0.15) is 251 Å². The van der Waals surface area contributed by atoms with E-state index < -0.39 is 26.6 Å². The van der Waals surface area contributed by atoms with Crippen LogP contribution in [0.2, 0.25) is 0 Å². The number of carbonyl (C=O) groups is 1. The van der Waals surface area contributed by atoms with Crippen molar-refractivity contribution in [1.82, 2.24) is 5.32 Å². The molecule has 0 rings (SSSR count). The first-order valence-corrected chi connectivity index (χ1v) is 29.0. The molecule has 1 amide bonds. The molecule has 0 saturated carbocycles. The number of carbonyl (C=O) groups excluding carboxylic acids is 1. The van der Waals surface area contributed by atoms with Crippen LogP contribution in [0.4, 0.5) is 0 Å². The number of phosphoric acid groups is 1. The predicted octanol–water partition coefficient (Wildman–Crippen LogP) is 15.7. The monoisotopic (exact) mass is 935 g/mol. The van der Waals surface area contributed by atoms with Gasteiger partial charge in [0, 0.05) is 6.42 Å². The fourth-order valence-electron chi connectivity index (χ4n) is 7.91. The van der Waals surface area contributed by atoms with E-state index in [0.29, 0.717) is 17.4 Å². The second-order valence-corrected chi connectivity index (χ2v) is 21.3. The number of hydrogen-bond donors (Lipinski definition) is 2. The molecule has 2 N–H and O–H groups in total. The van der Waals surface area contributed by atoms with Crippen LogP contribution in [0.25, 0.3) is 0 Å². The van der Waals surface area contributed by atoms with E-state index in [4.69, 9.17) is 9.05 Å². The quantitative estimate of drug-likeness (QED) is 0.0272. The highest BCUT2D eigenvalue weighted by atomic mass is 31.2. The van der Waals surface area contributed by atoms with Crippen molar-refractivity contribution in [3.05, 3.63) is 48.6 Å². The maximum absolute atomic E-state index is 12.9. The minimum absolute atomic E-state index is 0.0103. The van der Waals surface area contributed by atoms with Gasteiger partial charge < -0.3 is 28.8 Å². The molecule has 0 fully saturated rings. The highest BCUT2D eigenvalue weighted by Crippen LogP contribution is 2.38. The number of amides is 1. The zero-order valence-electron chi connectivity index (χ0n) is 43.4. The molecule has 0 bridgehead atoms. The molecule has 3 unspecified atom stereocenters. The van der Waals surface area contributed by atoms with Gasteiger partial charge in [0.2, 0.25) is 5.91 Å². The molecule has 0 radical (unpaired) electrons. The van der Waals surface area contributed by atoms with Gasteiger partial charge in [-0.05, 0) is 57.8 Å². The highest BCUT2D eigenvalue weighted by Gasteiger charge is 2.23. The Balaban J connectivity index is 4.16. The molecule has 0 heterocycles. The van der Waals surface area contributed by atoms with Crippen LogP contribution in [-0.4, -0.2) is 68.5 Å². The van der Waals surface area contributed by atoms with E-state index in [2.05, 4.69) is 55.6 Å². The van der Waals surface area contributed by atoms with Gasteiger partial charge in [-0.25, -0.2) is 0 Å². The van der Waals surface area contributed by atoms with Crippen LogP contribution in [-0.2, 0) is 18.4 Å². The number of hydrogen-bond acceptors (Lipinski definition) is 6. The lowest BCUT2D eigenvalue weighted by atomic mass is 10.0. The standard InChI is InChI=1S/C56H107N2O6P/c1-6-8-10-12-14-16-18-20-21-22-23-24-25-26-27-28-29-30-31-32-33-34-35-36-38-39-41-43-45-47-49-55(59)54(53-64-65(61,62)63-52-51-58(3,4)5)57-56(60)50-48-46-44-42-40-37-19-17-15-13-11-9-7-2/h11,13,17,19,39,41,47,49,54-55,59H,6-10,12,14-16,18,20-38,40,42-46,48,50-53H2,1-5H3,(H-,57,60,61,62)/b13-11-,19-17-,41-39+,49-47+. The summed E-state index contributed by atoms with van der Waals surface area (Å²) in [4.78, 5) is 25.4. The van der Waals surface area contributed by atoms with Crippen molar-refractivity contribution in [1.29, 1.82) is 0 Å². The van der Waals surface area contributed by atoms with Gasteiger partial charge in [-0.1, -0.05) is 236 Å². The number of aliphatic hydroxyl groups excluding tert-OH is 1. The molecule has 9 heteroatoms. The van der Waals surface area contributed by atoms with E-state index in [1.807, 2.05) is 27.2 Å². The number of rotatable bonds is 50. The van der Waals surface area contributed by atoms with Gasteiger partial charge in [-0.2, -0.15) is 0 Å². The number of nitrogens with zero attached hydrogens (tertiary/aromatic N) is 1. The third-order valence-electron chi connectivity index (χ3n) is 12.2. The Morgan fingerprint density at radius 1 is 0.538 bits per heavy atom. The van der Waals surface area contributed by atoms with E-state index in [0.717, 1.165) is 70.6 Å². The first kappa shape index (κ1) is 63.5. The molecule has 0 aliphatic rings. The van der Waals surface area contributed by atoms with Gasteiger partial charge in [-0.15, -0.1) is 0 Å². The third kappa shape index (κ3) is 50.2. The van der Waals surface area contributed by atoms with E-state index in [1.165, 1.54) is 161 Å². The number of nitrogens with one attached hydrogen (secondary N) is 1. The Morgan fingerprint density at radius 2 is 0.938 bits per heavy atom. The average molecular weight is 935 g/mol. The second kappa shape index (κ2) is 47.5.